The van der Waals surface area contributed by atoms with Gasteiger partial charge in [0, 0.05) is 18.7 Å². The molecule has 2 saturated heterocycles. The number of hydrogen-bond donors (Lipinski definition) is 4. The van der Waals surface area contributed by atoms with Crippen molar-refractivity contribution in [3.8, 4) is 33.6 Å². The van der Waals surface area contributed by atoms with Crippen molar-refractivity contribution in [2.75, 3.05) is 27.3 Å². The SMILES string of the molecule is CC[C@@H]1CCN(C(=O)[C@@H](NC(=O)OC)c2ccccc2)[C@@H]1c1ncc(-c2ccc(-c3ccc4cc(-c5cnc([C@@H]6CC7(CC7)CN6C(=O)C(NC(=O)OC)C(C)C)[nH]5)ccc4c3)cc2)[nH]1. The number of nitrogens with zero attached hydrogens (tertiary/aromatic N) is 4. The van der Waals surface area contributed by atoms with E-state index in [1.54, 1.807) is 0 Å². The third kappa shape index (κ3) is 8.69. The summed E-state index contributed by atoms with van der Waals surface area (Å²) in [6.45, 7) is 7.19. The number of rotatable bonds is 12. The van der Waals surface area contributed by atoms with Crippen molar-refractivity contribution in [1.82, 2.24) is 40.4 Å². The number of amides is 4. The van der Waals surface area contributed by atoms with Gasteiger partial charge in [-0.15, -0.1) is 0 Å². The normalized spacial score (nSPS) is 19.6. The van der Waals surface area contributed by atoms with Crippen molar-refractivity contribution in [1.29, 1.82) is 0 Å². The Balaban J connectivity index is 0.897. The molecule has 2 aliphatic heterocycles. The molecule has 14 nitrogen and oxygen atoms in total. The van der Waals surface area contributed by atoms with Gasteiger partial charge in [0.1, 0.15) is 23.7 Å². The first-order chi connectivity index (χ1) is 31.5. The highest BCUT2D eigenvalue weighted by atomic mass is 16.5. The Kier molecular flexibility index (Phi) is 11.9. The Morgan fingerprint density at radius 1 is 0.738 bits per heavy atom. The molecule has 14 heteroatoms. The van der Waals surface area contributed by atoms with Crippen LogP contribution in [0.2, 0.25) is 0 Å². The molecule has 4 N–H and O–H groups in total. The predicted molar refractivity (Wildman–Crippen MR) is 247 cm³/mol. The molecule has 4 heterocycles. The van der Waals surface area contributed by atoms with Gasteiger partial charge in [0.05, 0.1) is 50.1 Å². The predicted octanol–water partition coefficient (Wildman–Crippen LogP) is 9.12. The summed E-state index contributed by atoms with van der Waals surface area (Å²) in [6, 6.07) is 28.4. The summed E-state index contributed by atoms with van der Waals surface area (Å²) in [5.74, 6) is 1.26. The molecule has 336 valence electrons. The second-order valence-corrected chi connectivity index (χ2v) is 18.2. The van der Waals surface area contributed by atoms with Crippen molar-refractivity contribution < 1.29 is 28.7 Å². The summed E-state index contributed by atoms with van der Waals surface area (Å²) in [5, 5.41) is 7.70. The minimum atomic E-state index is -0.892. The van der Waals surface area contributed by atoms with Crippen molar-refractivity contribution in [2.24, 2.45) is 17.3 Å². The van der Waals surface area contributed by atoms with Gasteiger partial charge in [0.2, 0.25) is 5.91 Å². The summed E-state index contributed by atoms with van der Waals surface area (Å²) in [4.78, 5) is 73.1. The number of H-pyrrole nitrogens is 2. The number of aromatic amines is 2. The first-order valence-electron chi connectivity index (χ1n) is 22.6. The molecule has 1 aliphatic carbocycles. The lowest BCUT2D eigenvalue weighted by atomic mass is 9.96. The fourth-order valence-electron chi connectivity index (χ4n) is 9.85. The molecule has 0 bridgehead atoms. The summed E-state index contributed by atoms with van der Waals surface area (Å²) >= 11 is 0. The molecule has 4 amide bonds. The molecule has 2 aromatic heterocycles. The fraction of sp³-hybridized carbons (Fsp3) is 0.373. The molecule has 3 aliphatic rings. The lowest BCUT2D eigenvalue weighted by Crippen LogP contribution is -2.51. The van der Waals surface area contributed by atoms with Gasteiger partial charge in [0.25, 0.3) is 5.91 Å². The van der Waals surface area contributed by atoms with Crippen LogP contribution in [0.4, 0.5) is 9.59 Å². The molecule has 65 heavy (non-hydrogen) atoms. The minimum absolute atomic E-state index is 0.109. The van der Waals surface area contributed by atoms with E-state index in [1.165, 1.54) is 14.2 Å². The van der Waals surface area contributed by atoms with Crippen LogP contribution in [0.25, 0.3) is 44.4 Å². The Morgan fingerprint density at radius 2 is 1.34 bits per heavy atom. The maximum Gasteiger partial charge on any atom is 0.407 e. The maximum absolute atomic E-state index is 14.2. The minimum Gasteiger partial charge on any atom is -0.453 e. The monoisotopic (exact) mass is 876 g/mol. The number of carbonyl (C=O) groups is 4. The fourth-order valence-corrected chi connectivity index (χ4v) is 9.85. The third-order valence-corrected chi connectivity index (χ3v) is 13.8. The lowest BCUT2D eigenvalue weighted by molar-refractivity contribution is -0.136. The second-order valence-electron chi connectivity index (χ2n) is 18.2. The standard InChI is InChI=1S/C51H56N8O6/c1-6-31-20-23-58(48(61)43(57-50(63)65-5)34-10-8-7-9-11-34)44(31)46-53-27-39(55-46)33-14-12-32(13-15-33)35-16-17-37-25-38(19-18-36(37)24-35)40-28-52-45(54-40)41-26-51(21-22-51)29-59(41)47(60)42(30(2)3)56-49(62)64-4/h7-19,24-25,27-28,30-31,41-44H,6,20-23,26,29H2,1-5H3,(H,52,54)(H,53,55)(H,56,62)(H,57,63)/t31-,41+,42?,43+,44+/m1/s1. The number of likely N-dealkylation sites (tertiary alicyclic amines) is 2. The average Bonchev–Trinajstić information content (AvgIpc) is 3.83. The van der Waals surface area contributed by atoms with Crippen molar-refractivity contribution in [2.45, 2.75) is 77.0 Å². The van der Waals surface area contributed by atoms with E-state index in [2.05, 4.69) is 88.2 Å². The van der Waals surface area contributed by atoms with Crippen LogP contribution in [0.5, 0.6) is 0 Å². The van der Waals surface area contributed by atoms with Crippen molar-refractivity contribution in [3.63, 3.8) is 0 Å². The Hall–Kier alpha value is -6.96. The number of aromatic nitrogens is 4. The number of imidazole rings is 2. The van der Waals surface area contributed by atoms with Crippen LogP contribution < -0.4 is 10.6 Å². The number of alkyl carbamates (subject to hydrolysis) is 2. The Bertz CT molecular complexity index is 2710. The van der Waals surface area contributed by atoms with Crippen LogP contribution in [0.1, 0.15) is 88.2 Å². The molecule has 6 aromatic rings. The summed E-state index contributed by atoms with van der Waals surface area (Å²) in [7, 11) is 2.60. The first kappa shape index (κ1) is 43.3. The van der Waals surface area contributed by atoms with Crippen molar-refractivity contribution in [3.05, 3.63) is 121 Å². The van der Waals surface area contributed by atoms with Gasteiger partial charge in [-0.2, -0.15) is 0 Å². The van der Waals surface area contributed by atoms with Crippen molar-refractivity contribution >= 4 is 34.8 Å². The molecule has 1 saturated carbocycles. The van der Waals surface area contributed by atoms with E-state index >= 15 is 0 Å². The topological polar surface area (TPSA) is 175 Å². The third-order valence-electron chi connectivity index (χ3n) is 13.8. The molecule has 1 spiro atoms. The number of hydrogen-bond acceptors (Lipinski definition) is 8. The van der Waals surface area contributed by atoms with Crippen LogP contribution in [0.15, 0.2) is 103 Å². The van der Waals surface area contributed by atoms with Crippen LogP contribution in [0, 0.1) is 17.3 Å². The van der Waals surface area contributed by atoms with E-state index in [1.807, 2.05) is 66.4 Å². The zero-order chi connectivity index (χ0) is 45.4. The molecule has 9 rings (SSSR count). The van der Waals surface area contributed by atoms with Crippen LogP contribution in [-0.2, 0) is 19.1 Å². The van der Waals surface area contributed by atoms with Crippen LogP contribution in [-0.4, -0.2) is 87.1 Å². The number of carbonyl (C=O) groups excluding carboxylic acids is 4. The molecular weight excluding hydrogens is 821 g/mol. The highest BCUT2D eigenvalue weighted by Gasteiger charge is 2.55. The van der Waals surface area contributed by atoms with E-state index in [-0.39, 0.29) is 41.1 Å². The van der Waals surface area contributed by atoms with E-state index in [0.29, 0.717) is 18.7 Å². The second kappa shape index (κ2) is 17.9. The average molecular weight is 877 g/mol. The largest absolute Gasteiger partial charge is 0.453 e. The van der Waals surface area contributed by atoms with Crippen LogP contribution >= 0.6 is 0 Å². The first-order valence-corrected chi connectivity index (χ1v) is 22.6. The molecule has 5 atom stereocenters. The maximum atomic E-state index is 14.2. The number of fused-ring (bicyclic) bond motifs is 1. The summed E-state index contributed by atoms with van der Waals surface area (Å²) in [5.41, 5.74) is 6.68. The quantitative estimate of drug-likeness (QED) is 0.0942. The number of ether oxygens (including phenoxy) is 2. The smallest absolute Gasteiger partial charge is 0.407 e. The molecule has 3 fully saturated rings. The number of nitrogens with one attached hydrogen (secondary N) is 4. The van der Waals surface area contributed by atoms with E-state index < -0.39 is 24.3 Å². The molecule has 1 unspecified atom stereocenters. The number of methoxy groups -OCH3 is 2. The van der Waals surface area contributed by atoms with E-state index in [0.717, 1.165) is 88.2 Å². The Labute approximate surface area is 378 Å². The summed E-state index contributed by atoms with van der Waals surface area (Å²) < 4.78 is 9.71. The van der Waals surface area contributed by atoms with E-state index in [4.69, 9.17) is 19.4 Å². The van der Waals surface area contributed by atoms with Gasteiger partial charge in [-0.3, -0.25) is 9.59 Å². The highest BCUT2D eigenvalue weighted by molar-refractivity contribution is 5.91. The van der Waals surface area contributed by atoms with Gasteiger partial charge < -0.3 is 39.9 Å². The zero-order valence-electron chi connectivity index (χ0n) is 37.5. The van der Waals surface area contributed by atoms with Gasteiger partial charge in [-0.05, 0) is 88.1 Å². The van der Waals surface area contributed by atoms with Gasteiger partial charge >= 0.3 is 12.2 Å². The lowest BCUT2D eigenvalue weighted by Gasteiger charge is -2.30. The summed E-state index contributed by atoms with van der Waals surface area (Å²) in [6.07, 6.45) is 7.11. The molecular formula is C51H56N8O6. The van der Waals surface area contributed by atoms with Gasteiger partial charge in [0.15, 0.2) is 0 Å². The van der Waals surface area contributed by atoms with Crippen LogP contribution in [0.3, 0.4) is 0 Å². The van der Waals surface area contributed by atoms with E-state index in [9.17, 15) is 19.2 Å². The Morgan fingerprint density at radius 3 is 2.00 bits per heavy atom. The number of benzene rings is 4. The molecule has 0 radical (unpaired) electrons. The van der Waals surface area contributed by atoms with Gasteiger partial charge in [-0.25, -0.2) is 19.6 Å². The molecule has 4 aromatic carbocycles. The van der Waals surface area contributed by atoms with Gasteiger partial charge in [-0.1, -0.05) is 106 Å². The zero-order valence-corrected chi connectivity index (χ0v) is 37.5. The highest BCUT2D eigenvalue weighted by Crippen LogP contribution is 2.58.